The first-order chi connectivity index (χ1) is 16.9. The predicted octanol–water partition coefficient (Wildman–Crippen LogP) is 4.02. The van der Waals surface area contributed by atoms with Crippen LogP contribution < -0.4 is 11.1 Å². The van der Waals surface area contributed by atoms with E-state index >= 15 is 0 Å². The van der Waals surface area contributed by atoms with Crippen LogP contribution in [0.3, 0.4) is 0 Å². The first kappa shape index (κ1) is 36.9. The first-order valence-corrected chi connectivity index (χ1v) is 14.0. The topological polar surface area (TPSA) is 142 Å². The van der Waals surface area contributed by atoms with Crippen LogP contribution >= 0.6 is 20.6 Å². The van der Waals surface area contributed by atoms with Gasteiger partial charge in [0.15, 0.2) is 0 Å². The number of aliphatic hydroxyl groups is 1. The zero-order valence-electron chi connectivity index (χ0n) is 20.3. The van der Waals surface area contributed by atoms with Crippen LogP contribution in [0.5, 0.6) is 0 Å². The van der Waals surface area contributed by atoms with E-state index in [2.05, 4.69) is 5.32 Å². The summed E-state index contributed by atoms with van der Waals surface area (Å²) in [5, 5.41) is 12.2. The zero-order chi connectivity index (χ0) is 25.5. The van der Waals surface area contributed by atoms with Gasteiger partial charge in [0.05, 0.1) is 6.10 Å². The molecule has 2 radical (unpaired) electrons. The summed E-state index contributed by atoms with van der Waals surface area (Å²) in [7, 11) is 0. The predicted molar refractivity (Wildman–Crippen MR) is 142 cm³/mol. The summed E-state index contributed by atoms with van der Waals surface area (Å²) in [4.78, 5) is 21.4. The molecule has 1 saturated heterocycles. The zero-order valence-corrected chi connectivity index (χ0v) is 32.0. The number of primary amides is 1. The first-order valence-electron chi connectivity index (χ1n) is 11.0. The fraction of sp³-hybridized carbons (Fsp3) is 0.231. The third kappa shape index (κ3) is 15.9. The molecule has 0 saturated carbocycles. The molecule has 0 aromatic heterocycles. The van der Waals surface area contributed by atoms with Gasteiger partial charge in [-0.15, -0.1) is 0 Å². The minimum Gasteiger partial charge on any atom is 0 e. The molecule has 194 valence electrons. The van der Waals surface area contributed by atoms with Crippen molar-refractivity contribution < 1.29 is 114 Å². The van der Waals surface area contributed by atoms with Crippen molar-refractivity contribution in [3.63, 3.8) is 0 Å². The van der Waals surface area contributed by atoms with Crippen LogP contribution in [0.25, 0.3) is 0 Å². The Hall–Kier alpha value is -0.107. The number of amides is 2. The number of ether oxygens (including phenoxy) is 1. The number of aliphatic hydroxyl groups excluding tert-OH is 1. The minimum atomic E-state index is -2.68. The van der Waals surface area contributed by atoms with Gasteiger partial charge in [-0.1, -0.05) is 60.7 Å². The number of nitrogens with one attached hydrogen (secondary N) is 1. The van der Waals surface area contributed by atoms with E-state index in [1.165, 1.54) is 0 Å². The molecule has 0 unspecified atom stereocenters. The largest absolute Gasteiger partial charge is 0 e. The average Bonchev–Trinajstić information content (AvgIpc) is 2.89. The van der Waals surface area contributed by atoms with Gasteiger partial charge < -0.3 is 20.9 Å². The third-order valence-electron chi connectivity index (χ3n) is 4.87. The maximum absolute atomic E-state index is 10.9. The number of alkyl carbamates (subject to hydrolysis) is 1. The fourth-order valence-electron chi connectivity index (χ4n) is 3.09. The summed E-state index contributed by atoms with van der Waals surface area (Å²) in [5.41, 5.74) is 6.86. The number of cyclic esters (lactones) is 1. The van der Waals surface area contributed by atoms with Crippen molar-refractivity contribution in [2.24, 2.45) is 5.73 Å². The molecule has 4 rings (SSSR count). The number of rotatable bonds is 6. The monoisotopic (exact) mass is 1050 g/mol. The van der Waals surface area contributed by atoms with Crippen molar-refractivity contribution in [3.05, 3.63) is 106 Å². The Morgan fingerprint density at radius 3 is 1.92 bits per heavy atom. The molecule has 1 heterocycles. The Labute approximate surface area is 297 Å². The summed E-state index contributed by atoms with van der Waals surface area (Å²) in [6.45, 7) is 0.693. The van der Waals surface area contributed by atoms with Gasteiger partial charge in [0.1, 0.15) is 6.10 Å². The molecule has 8 nitrogen and oxygen atoms in total. The number of halogens is 1. The van der Waals surface area contributed by atoms with Crippen LogP contribution in [0.2, 0.25) is 0 Å². The molecular formula is C26H31Ac2IN2O6. The SMILES string of the molecule is NC(=O)CC[C@@H](O)c1ccccc1.O=C1NCC[C@H](c2ccccc2)O1.OI(O)c1ccccc1.[Ac].[Ac]. The number of carbonyl (C=O) groups excluding carboxylic acids is 2. The Balaban J connectivity index is 0.000000521. The van der Waals surface area contributed by atoms with Crippen LogP contribution in [-0.2, 0) is 9.53 Å². The van der Waals surface area contributed by atoms with E-state index in [0.717, 1.165) is 17.5 Å². The molecule has 2 atom stereocenters. The van der Waals surface area contributed by atoms with Gasteiger partial charge >= 0.3 is 67.5 Å². The van der Waals surface area contributed by atoms with Gasteiger partial charge in [-0.05, 0) is 17.5 Å². The minimum absolute atomic E-state index is 0. The normalized spacial score (nSPS) is 14.7. The van der Waals surface area contributed by atoms with Gasteiger partial charge in [0.2, 0.25) is 5.91 Å². The molecule has 11 heteroatoms. The number of hydrogen-bond acceptors (Lipinski definition) is 6. The van der Waals surface area contributed by atoms with Gasteiger partial charge in [-0.25, -0.2) is 4.79 Å². The van der Waals surface area contributed by atoms with Gasteiger partial charge in [0.25, 0.3) is 0 Å². The van der Waals surface area contributed by atoms with Gasteiger partial charge in [-0.3, -0.25) is 4.79 Å². The third-order valence-corrected chi connectivity index (χ3v) is 6.71. The maximum Gasteiger partial charge on any atom is 0 e. The molecular weight excluding hydrogens is 1020 g/mol. The van der Waals surface area contributed by atoms with Crippen molar-refractivity contribution in [2.45, 2.75) is 31.5 Å². The van der Waals surface area contributed by atoms with Crippen molar-refractivity contribution in [2.75, 3.05) is 6.54 Å². The van der Waals surface area contributed by atoms with Crippen molar-refractivity contribution in [1.29, 1.82) is 0 Å². The van der Waals surface area contributed by atoms with E-state index in [0.29, 0.717) is 16.5 Å². The Kier molecular flexibility index (Phi) is 21.6. The van der Waals surface area contributed by atoms with Crippen LogP contribution in [0.1, 0.15) is 42.6 Å². The quantitative estimate of drug-likeness (QED) is 0.237. The second kappa shape index (κ2) is 21.7. The molecule has 2 amide bonds. The number of nitrogens with two attached hydrogens (primary N) is 1. The molecule has 0 bridgehead atoms. The second-order valence-corrected chi connectivity index (χ2v) is 10.1. The summed E-state index contributed by atoms with van der Waals surface area (Å²) >= 11 is -2.68. The summed E-state index contributed by atoms with van der Waals surface area (Å²) in [5.74, 6) is -0.380. The van der Waals surface area contributed by atoms with E-state index in [1.807, 2.05) is 66.7 Å². The van der Waals surface area contributed by atoms with E-state index in [-0.39, 0.29) is 113 Å². The molecule has 3 aromatic rings. The van der Waals surface area contributed by atoms with Crippen LogP contribution in [0.15, 0.2) is 91.0 Å². The Bertz CT molecular complexity index is 1020. The molecule has 1 aliphatic rings. The van der Waals surface area contributed by atoms with E-state index < -0.39 is 26.8 Å². The van der Waals surface area contributed by atoms with E-state index in [9.17, 15) is 14.7 Å². The van der Waals surface area contributed by atoms with Crippen molar-refractivity contribution in [1.82, 2.24) is 5.32 Å². The van der Waals surface area contributed by atoms with Crippen molar-refractivity contribution in [3.8, 4) is 0 Å². The summed E-state index contributed by atoms with van der Waals surface area (Å²) < 4.78 is 23.3. The second-order valence-electron chi connectivity index (χ2n) is 7.49. The van der Waals surface area contributed by atoms with Crippen LogP contribution in [0.4, 0.5) is 4.79 Å². The molecule has 0 aliphatic carbocycles. The van der Waals surface area contributed by atoms with Crippen molar-refractivity contribution >= 4 is 32.6 Å². The number of benzene rings is 3. The molecule has 1 fully saturated rings. The Morgan fingerprint density at radius 1 is 0.946 bits per heavy atom. The number of carbonyl (C=O) groups is 2. The smallest absolute Gasteiger partial charge is 0 e. The Morgan fingerprint density at radius 2 is 1.46 bits per heavy atom. The number of hydrogen-bond donors (Lipinski definition) is 5. The van der Waals surface area contributed by atoms with E-state index in [1.54, 1.807) is 24.3 Å². The van der Waals surface area contributed by atoms with Crippen LogP contribution in [-0.4, -0.2) is 30.5 Å². The maximum atomic E-state index is 10.9. The van der Waals surface area contributed by atoms with Gasteiger partial charge in [-0.2, -0.15) is 0 Å². The van der Waals surface area contributed by atoms with Crippen LogP contribution in [0, 0.1) is 91.7 Å². The molecule has 6 N–H and O–H groups in total. The fourth-order valence-corrected chi connectivity index (χ4v) is 4.14. The standard InChI is InChI=1S/C10H11NO2.C10H13NO2.C6H7IO2.2Ac/c12-10-11-7-6-9(13-10)8-4-2-1-3-5-8;11-10(13)7-6-9(12)8-4-2-1-3-5-8;8-7(9)6-4-2-1-3-5-6;;/h1-5,9H,6-7H2,(H,11,12);1-5,9,12H,6-7H2,(H2,11,13);1-5,8-9H;;/t2*9-;;;/m11.../s1. The molecule has 37 heavy (non-hydrogen) atoms. The molecule has 1 aliphatic heterocycles. The molecule has 0 spiro atoms. The average molecular weight is 1050 g/mol. The van der Waals surface area contributed by atoms with Gasteiger partial charge in [0, 0.05) is 108 Å². The van der Waals surface area contributed by atoms with E-state index in [4.69, 9.17) is 17.3 Å². The summed E-state index contributed by atoms with van der Waals surface area (Å²) in [6, 6.07) is 27.9. The molecule has 3 aromatic carbocycles. The summed E-state index contributed by atoms with van der Waals surface area (Å²) in [6.07, 6.45) is 0.467.